The standard InChI is InChI=1S/C13H15F2N3OS/c14-9-7-10(15)12-11(8-9)20-13(17-12)16-1-2-18-3-5-19-6-4-18/h7-8H,1-6H2,(H,16,17). The van der Waals surface area contributed by atoms with Gasteiger partial charge in [0.2, 0.25) is 0 Å². The highest BCUT2D eigenvalue weighted by Crippen LogP contribution is 2.28. The normalized spacial score (nSPS) is 16.7. The van der Waals surface area contributed by atoms with E-state index in [0.717, 1.165) is 45.5 Å². The maximum Gasteiger partial charge on any atom is 0.183 e. The molecule has 1 saturated heterocycles. The van der Waals surface area contributed by atoms with Gasteiger partial charge in [-0.15, -0.1) is 0 Å². The van der Waals surface area contributed by atoms with Crippen LogP contribution in [0.4, 0.5) is 13.9 Å². The summed E-state index contributed by atoms with van der Waals surface area (Å²) in [5.74, 6) is -1.18. The van der Waals surface area contributed by atoms with Crippen LogP contribution in [0.15, 0.2) is 12.1 Å². The summed E-state index contributed by atoms with van der Waals surface area (Å²) in [5.41, 5.74) is 0.227. The van der Waals surface area contributed by atoms with Crippen molar-refractivity contribution in [3.05, 3.63) is 23.8 Å². The van der Waals surface area contributed by atoms with E-state index in [1.165, 1.54) is 17.4 Å². The Balaban J connectivity index is 1.61. The van der Waals surface area contributed by atoms with E-state index in [1.54, 1.807) is 0 Å². The molecule has 1 aliphatic heterocycles. The van der Waals surface area contributed by atoms with E-state index in [1.807, 2.05) is 0 Å². The molecule has 2 aromatic rings. The van der Waals surface area contributed by atoms with Gasteiger partial charge in [0.15, 0.2) is 10.9 Å². The lowest BCUT2D eigenvalue weighted by atomic mass is 10.3. The number of benzene rings is 1. The van der Waals surface area contributed by atoms with Crippen LogP contribution >= 0.6 is 11.3 Å². The number of aromatic nitrogens is 1. The van der Waals surface area contributed by atoms with Crippen molar-refractivity contribution in [3.63, 3.8) is 0 Å². The molecule has 108 valence electrons. The van der Waals surface area contributed by atoms with Gasteiger partial charge in [-0.1, -0.05) is 11.3 Å². The van der Waals surface area contributed by atoms with E-state index < -0.39 is 11.6 Å². The number of fused-ring (bicyclic) bond motifs is 1. The molecule has 1 fully saturated rings. The van der Waals surface area contributed by atoms with Crippen LogP contribution in [0.25, 0.3) is 10.2 Å². The van der Waals surface area contributed by atoms with Gasteiger partial charge in [0.1, 0.15) is 11.3 Å². The topological polar surface area (TPSA) is 37.4 Å². The lowest BCUT2D eigenvalue weighted by Gasteiger charge is -2.26. The number of hydrogen-bond acceptors (Lipinski definition) is 5. The summed E-state index contributed by atoms with van der Waals surface area (Å²) in [4.78, 5) is 6.45. The van der Waals surface area contributed by atoms with Crippen LogP contribution < -0.4 is 5.32 Å². The first-order valence-corrected chi connectivity index (χ1v) is 7.33. The third kappa shape index (κ3) is 3.05. The van der Waals surface area contributed by atoms with Crippen LogP contribution in [0.5, 0.6) is 0 Å². The Labute approximate surface area is 119 Å². The van der Waals surface area contributed by atoms with Crippen molar-refractivity contribution in [1.82, 2.24) is 9.88 Å². The molecule has 0 unspecified atom stereocenters. The minimum atomic E-state index is -0.613. The van der Waals surface area contributed by atoms with Crippen LogP contribution in [0.3, 0.4) is 0 Å². The fraction of sp³-hybridized carbons (Fsp3) is 0.462. The number of nitrogens with one attached hydrogen (secondary N) is 1. The molecule has 0 aliphatic carbocycles. The monoisotopic (exact) mass is 299 g/mol. The molecule has 1 aliphatic rings. The zero-order chi connectivity index (χ0) is 13.9. The number of anilines is 1. The zero-order valence-corrected chi connectivity index (χ0v) is 11.7. The SMILES string of the molecule is Fc1cc(F)c2nc(NCCN3CCOCC3)sc2c1. The molecule has 3 rings (SSSR count). The quantitative estimate of drug-likeness (QED) is 0.940. The predicted octanol–water partition coefficient (Wildman–Crippen LogP) is 2.32. The molecule has 2 heterocycles. The molecular formula is C13H15F2N3OS. The number of thiazole rings is 1. The first-order chi connectivity index (χ1) is 9.72. The molecule has 0 atom stereocenters. The predicted molar refractivity (Wildman–Crippen MR) is 75.3 cm³/mol. The van der Waals surface area contributed by atoms with Gasteiger partial charge in [-0.25, -0.2) is 13.8 Å². The van der Waals surface area contributed by atoms with Gasteiger partial charge >= 0.3 is 0 Å². The van der Waals surface area contributed by atoms with Crippen molar-refractivity contribution >= 4 is 26.7 Å². The molecule has 0 saturated carbocycles. The first-order valence-electron chi connectivity index (χ1n) is 6.52. The second-order valence-corrected chi connectivity index (χ2v) is 5.66. The Morgan fingerprint density at radius 1 is 1.30 bits per heavy atom. The van der Waals surface area contributed by atoms with Crippen molar-refractivity contribution < 1.29 is 13.5 Å². The van der Waals surface area contributed by atoms with E-state index in [4.69, 9.17) is 4.74 Å². The largest absolute Gasteiger partial charge is 0.379 e. The van der Waals surface area contributed by atoms with E-state index in [-0.39, 0.29) is 5.52 Å². The second-order valence-electron chi connectivity index (χ2n) is 4.63. The van der Waals surface area contributed by atoms with E-state index >= 15 is 0 Å². The smallest absolute Gasteiger partial charge is 0.183 e. The lowest BCUT2D eigenvalue weighted by molar-refractivity contribution is 0.0398. The van der Waals surface area contributed by atoms with Gasteiger partial charge in [0, 0.05) is 32.2 Å². The molecule has 20 heavy (non-hydrogen) atoms. The molecule has 0 radical (unpaired) electrons. The molecule has 4 nitrogen and oxygen atoms in total. The highest BCUT2D eigenvalue weighted by Gasteiger charge is 2.12. The summed E-state index contributed by atoms with van der Waals surface area (Å²) in [7, 11) is 0. The third-order valence-corrected chi connectivity index (χ3v) is 4.18. The average molecular weight is 299 g/mol. The Bertz CT molecular complexity index is 599. The number of morpholine rings is 1. The number of nitrogens with zero attached hydrogens (tertiary/aromatic N) is 2. The number of hydrogen-bond donors (Lipinski definition) is 1. The van der Waals surface area contributed by atoms with Crippen LogP contribution in [0, 0.1) is 11.6 Å². The van der Waals surface area contributed by atoms with Gasteiger partial charge in [-0.05, 0) is 6.07 Å². The van der Waals surface area contributed by atoms with Gasteiger partial charge in [-0.3, -0.25) is 4.90 Å². The molecule has 0 bridgehead atoms. The Morgan fingerprint density at radius 2 is 2.10 bits per heavy atom. The van der Waals surface area contributed by atoms with Crippen LogP contribution in [0.1, 0.15) is 0 Å². The summed E-state index contributed by atoms with van der Waals surface area (Å²) in [6, 6.07) is 2.17. The van der Waals surface area contributed by atoms with E-state index in [0.29, 0.717) is 9.83 Å². The van der Waals surface area contributed by atoms with Crippen molar-refractivity contribution in [3.8, 4) is 0 Å². The zero-order valence-electron chi connectivity index (χ0n) is 10.9. The van der Waals surface area contributed by atoms with Crippen molar-refractivity contribution in [1.29, 1.82) is 0 Å². The maximum absolute atomic E-state index is 13.5. The summed E-state index contributed by atoms with van der Waals surface area (Å²) < 4.78 is 32.4. The fourth-order valence-corrected chi connectivity index (χ4v) is 3.11. The highest BCUT2D eigenvalue weighted by molar-refractivity contribution is 7.22. The minimum absolute atomic E-state index is 0.227. The van der Waals surface area contributed by atoms with E-state index in [2.05, 4.69) is 15.2 Å². The highest BCUT2D eigenvalue weighted by atomic mass is 32.1. The molecule has 0 amide bonds. The summed E-state index contributed by atoms with van der Waals surface area (Å²) in [6.07, 6.45) is 0. The van der Waals surface area contributed by atoms with Gasteiger partial charge in [0.25, 0.3) is 0 Å². The number of halogens is 2. The second kappa shape index (κ2) is 5.99. The average Bonchev–Trinajstić information content (AvgIpc) is 2.83. The van der Waals surface area contributed by atoms with Crippen molar-refractivity contribution in [2.45, 2.75) is 0 Å². The third-order valence-electron chi connectivity index (χ3n) is 3.22. The van der Waals surface area contributed by atoms with Crippen LogP contribution in [-0.4, -0.2) is 49.3 Å². The summed E-state index contributed by atoms with van der Waals surface area (Å²) in [5, 5.41) is 3.79. The van der Waals surface area contributed by atoms with E-state index in [9.17, 15) is 8.78 Å². The fourth-order valence-electron chi connectivity index (χ4n) is 2.18. The van der Waals surface area contributed by atoms with Crippen molar-refractivity contribution in [2.24, 2.45) is 0 Å². The Kier molecular flexibility index (Phi) is 4.09. The van der Waals surface area contributed by atoms with Gasteiger partial charge < -0.3 is 10.1 Å². The number of ether oxygens (including phenoxy) is 1. The first kappa shape index (κ1) is 13.7. The molecule has 7 heteroatoms. The van der Waals surface area contributed by atoms with Crippen molar-refractivity contribution in [2.75, 3.05) is 44.7 Å². The number of rotatable bonds is 4. The molecular weight excluding hydrogens is 284 g/mol. The lowest BCUT2D eigenvalue weighted by Crippen LogP contribution is -2.38. The van der Waals surface area contributed by atoms with Crippen LogP contribution in [0.2, 0.25) is 0 Å². The van der Waals surface area contributed by atoms with Gasteiger partial charge in [0.05, 0.1) is 17.9 Å². The molecule has 1 aromatic carbocycles. The Morgan fingerprint density at radius 3 is 2.90 bits per heavy atom. The molecule has 0 spiro atoms. The summed E-state index contributed by atoms with van der Waals surface area (Å²) >= 11 is 1.27. The summed E-state index contributed by atoms with van der Waals surface area (Å²) in [6.45, 7) is 5.01. The minimum Gasteiger partial charge on any atom is -0.379 e. The molecule has 1 N–H and O–H groups in total. The molecule has 1 aromatic heterocycles. The van der Waals surface area contributed by atoms with Crippen LogP contribution in [-0.2, 0) is 4.74 Å². The van der Waals surface area contributed by atoms with Gasteiger partial charge in [-0.2, -0.15) is 0 Å². The Hall–Kier alpha value is -1.31. The maximum atomic E-state index is 13.5.